The second-order valence-electron chi connectivity index (χ2n) is 6.55. The Bertz CT molecular complexity index is 736. The molecule has 2 aromatic carbocycles. The zero-order valence-electron chi connectivity index (χ0n) is 13.4. The lowest BCUT2D eigenvalue weighted by atomic mass is 10.0. The van der Waals surface area contributed by atoms with E-state index in [1.165, 1.54) is 16.3 Å². The van der Waals surface area contributed by atoms with E-state index in [1.807, 2.05) is 30.5 Å². The van der Waals surface area contributed by atoms with E-state index in [-0.39, 0.29) is 4.75 Å². The number of nitrogens with zero attached hydrogens (tertiary/aromatic N) is 2. The van der Waals surface area contributed by atoms with Gasteiger partial charge in [0.2, 0.25) is 0 Å². The summed E-state index contributed by atoms with van der Waals surface area (Å²) in [6.07, 6.45) is 5.80. The van der Waals surface area contributed by atoms with Crippen LogP contribution in [0.15, 0.2) is 61.2 Å². The Labute approximate surface area is 136 Å². The molecule has 0 bridgehead atoms. The Morgan fingerprint density at radius 2 is 1.86 bits per heavy atom. The van der Waals surface area contributed by atoms with E-state index in [2.05, 4.69) is 72.8 Å². The summed E-state index contributed by atoms with van der Waals surface area (Å²) in [4.78, 5) is 4.18. The molecule has 0 aliphatic rings. The van der Waals surface area contributed by atoms with Crippen LogP contribution in [0, 0.1) is 0 Å². The fourth-order valence-electron chi connectivity index (χ4n) is 2.74. The lowest BCUT2D eigenvalue weighted by Crippen LogP contribution is -2.15. The first-order valence-electron chi connectivity index (χ1n) is 7.64. The second-order valence-corrected chi connectivity index (χ2v) is 8.58. The molecule has 3 heteroatoms. The highest BCUT2D eigenvalue weighted by Gasteiger charge is 2.22. The summed E-state index contributed by atoms with van der Waals surface area (Å²) in [6.45, 7) is 7.78. The first kappa shape index (κ1) is 15.2. The third-order valence-corrected chi connectivity index (χ3v) is 5.00. The third kappa shape index (κ3) is 3.53. The lowest BCUT2D eigenvalue weighted by molar-refractivity contribution is 0.674. The highest BCUT2D eigenvalue weighted by Crippen LogP contribution is 2.41. The van der Waals surface area contributed by atoms with Crippen molar-refractivity contribution < 1.29 is 0 Å². The van der Waals surface area contributed by atoms with Gasteiger partial charge in [0.25, 0.3) is 0 Å². The number of thioether (sulfide) groups is 1. The molecule has 0 spiro atoms. The Morgan fingerprint density at radius 3 is 2.59 bits per heavy atom. The molecule has 2 nitrogen and oxygen atoms in total. The smallest absolute Gasteiger partial charge is 0.0946 e. The second kappa shape index (κ2) is 6.17. The number of aromatic nitrogens is 2. The van der Waals surface area contributed by atoms with Gasteiger partial charge in [-0.15, -0.1) is 11.8 Å². The average Bonchev–Trinajstić information content (AvgIpc) is 2.97. The minimum absolute atomic E-state index is 0.211. The first-order chi connectivity index (χ1) is 10.5. The maximum Gasteiger partial charge on any atom is 0.0946 e. The Morgan fingerprint density at radius 1 is 1.09 bits per heavy atom. The number of rotatable bonds is 4. The molecule has 0 aliphatic heterocycles. The predicted octanol–water partition coefficient (Wildman–Crippen LogP) is 5.31. The molecule has 0 aliphatic carbocycles. The molecule has 0 radical (unpaired) electrons. The van der Waals surface area contributed by atoms with Gasteiger partial charge < -0.3 is 4.57 Å². The van der Waals surface area contributed by atoms with Gasteiger partial charge in [0.15, 0.2) is 0 Å². The topological polar surface area (TPSA) is 17.8 Å². The molecule has 3 aromatic rings. The van der Waals surface area contributed by atoms with Crippen LogP contribution in [0.4, 0.5) is 0 Å². The van der Waals surface area contributed by atoms with Gasteiger partial charge >= 0.3 is 0 Å². The van der Waals surface area contributed by atoms with Crippen molar-refractivity contribution in [3.05, 3.63) is 66.7 Å². The van der Waals surface area contributed by atoms with Crippen molar-refractivity contribution in [2.24, 2.45) is 0 Å². The summed E-state index contributed by atoms with van der Waals surface area (Å²) in [5, 5.41) is 3.07. The number of hydrogen-bond acceptors (Lipinski definition) is 2. The molecular weight excluding hydrogens is 288 g/mol. The highest BCUT2D eigenvalue weighted by atomic mass is 32.2. The summed E-state index contributed by atoms with van der Waals surface area (Å²) < 4.78 is 2.38. The van der Waals surface area contributed by atoms with Gasteiger partial charge in [-0.05, 0) is 16.3 Å². The molecule has 0 N–H and O–H groups in total. The van der Waals surface area contributed by atoms with Crippen LogP contribution in [0.2, 0.25) is 0 Å². The van der Waals surface area contributed by atoms with Crippen LogP contribution in [-0.4, -0.2) is 14.3 Å². The summed E-state index contributed by atoms with van der Waals surface area (Å²) in [7, 11) is 0. The number of benzene rings is 2. The van der Waals surface area contributed by atoms with E-state index in [1.54, 1.807) is 0 Å². The maximum absolute atomic E-state index is 4.18. The number of hydrogen-bond donors (Lipinski definition) is 0. The van der Waals surface area contributed by atoms with Gasteiger partial charge in [-0.3, -0.25) is 0 Å². The van der Waals surface area contributed by atoms with Crippen LogP contribution in [0.3, 0.4) is 0 Å². The summed E-state index contributed by atoms with van der Waals surface area (Å²) in [6, 6.07) is 15.3. The van der Waals surface area contributed by atoms with E-state index in [0.29, 0.717) is 5.25 Å². The van der Waals surface area contributed by atoms with Crippen LogP contribution in [0.1, 0.15) is 31.6 Å². The average molecular weight is 310 g/mol. The van der Waals surface area contributed by atoms with Gasteiger partial charge in [-0.25, -0.2) is 4.98 Å². The van der Waals surface area contributed by atoms with Gasteiger partial charge in [0, 0.05) is 28.9 Å². The van der Waals surface area contributed by atoms with Gasteiger partial charge in [0.1, 0.15) is 0 Å². The van der Waals surface area contributed by atoms with Crippen molar-refractivity contribution in [2.75, 3.05) is 0 Å². The normalized spacial score (nSPS) is 13.4. The zero-order valence-corrected chi connectivity index (χ0v) is 14.2. The molecular formula is C19H22N2S. The van der Waals surface area contributed by atoms with Crippen molar-refractivity contribution in [1.82, 2.24) is 9.55 Å². The summed E-state index contributed by atoms with van der Waals surface area (Å²) in [5.41, 5.74) is 1.41. The van der Waals surface area contributed by atoms with E-state index < -0.39 is 0 Å². The molecule has 0 fully saturated rings. The van der Waals surface area contributed by atoms with Crippen molar-refractivity contribution in [1.29, 1.82) is 0 Å². The largest absolute Gasteiger partial charge is 0.336 e. The fraction of sp³-hybridized carbons (Fsp3) is 0.316. The zero-order chi connectivity index (χ0) is 15.6. The molecule has 3 rings (SSSR count). The van der Waals surface area contributed by atoms with Crippen LogP contribution < -0.4 is 0 Å². The summed E-state index contributed by atoms with van der Waals surface area (Å²) in [5.74, 6) is 0. The fourth-order valence-corrected chi connectivity index (χ4v) is 4.18. The quantitative estimate of drug-likeness (QED) is 0.650. The van der Waals surface area contributed by atoms with Crippen molar-refractivity contribution in [3.8, 4) is 0 Å². The third-order valence-electron chi connectivity index (χ3n) is 3.60. The van der Waals surface area contributed by atoms with E-state index in [0.717, 1.165) is 6.54 Å². The van der Waals surface area contributed by atoms with Crippen molar-refractivity contribution >= 4 is 22.5 Å². The van der Waals surface area contributed by atoms with Crippen LogP contribution in [0.5, 0.6) is 0 Å². The molecule has 1 aromatic heterocycles. The van der Waals surface area contributed by atoms with E-state index in [9.17, 15) is 0 Å². The highest BCUT2D eigenvalue weighted by molar-refractivity contribution is 8.00. The molecule has 22 heavy (non-hydrogen) atoms. The van der Waals surface area contributed by atoms with Gasteiger partial charge in [-0.2, -0.15) is 0 Å². The number of imidazole rings is 1. The minimum Gasteiger partial charge on any atom is -0.336 e. The number of fused-ring (bicyclic) bond motifs is 1. The lowest BCUT2D eigenvalue weighted by Gasteiger charge is -2.27. The Hall–Kier alpha value is -1.74. The van der Waals surface area contributed by atoms with Gasteiger partial charge in [-0.1, -0.05) is 63.2 Å². The molecule has 0 saturated carbocycles. The molecule has 0 saturated heterocycles. The SMILES string of the molecule is CC(C)(C)SC(Cn1ccnc1)c1cccc2ccccc12. The van der Waals surface area contributed by atoms with E-state index >= 15 is 0 Å². The Kier molecular flexibility index (Phi) is 4.25. The summed E-state index contributed by atoms with van der Waals surface area (Å²) >= 11 is 2.02. The molecule has 1 heterocycles. The van der Waals surface area contributed by atoms with Crippen LogP contribution >= 0.6 is 11.8 Å². The van der Waals surface area contributed by atoms with Crippen molar-refractivity contribution in [2.45, 2.75) is 37.3 Å². The van der Waals surface area contributed by atoms with Crippen molar-refractivity contribution in [3.63, 3.8) is 0 Å². The van der Waals surface area contributed by atoms with Gasteiger partial charge in [0.05, 0.1) is 6.33 Å². The standard InChI is InChI=1S/C19H22N2S/c1-19(2,3)22-18(13-21-12-11-20-14-21)17-10-6-8-15-7-4-5-9-16(15)17/h4-12,14,18H,13H2,1-3H3. The minimum atomic E-state index is 0.211. The monoisotopic (exact) mass is 310 g/mol. The first-order valence-corrected chi connectivity index (χ1v) is 8.52. The molecule has 1 atom stereocenters. The molecule has 1 unspecified atom stereocenters. The van der Waals surface area contributed by atoms with Crippen LogP contribution in [0.25, 0.3) is 10.8 Å². The Balaban J connectivity index is 2.03. The molecule has 114 valence electrons. The van der Waals surface area contributed by atoms with Crippen LogP contribution in [-0.2, 0) is 6.54 Å². The maximum atomic E-state index is 4.18. The molecule has 0 amide bonds. The predicted molar refractivity (Wildman–Crippen MR) is 96.3 cm³/mol. The van der Waals surface area contributed by atoms with E-state index in [4.69, 9.17) is 0 Å².